The number of nitro groups is 1. The Morgan fingerprint density at radius 2 is 2.03 bits per heavy atom. The van der Waals surface area contributed by atoms with Gasteiger partial charge in [0.2, 0.25) is 0 Å². The van der Waals surface area contributed by atoms with E-state index in [0.717, 1.165) is 17.2 Å². The van der Waals surface area contributed by atoms with E-state index in [9.17, 15) is 14.9 Å². The molecule has 0 aliphatic heterocycles. The molecule has 1 amide bonds. The van der Waals surface area contributed by atoms with Crippen molar-refractivity contribution in [3.63, 3.8) is 0 Å². The first kappa shape index (κ1) is 21.4. The molecule has 2 aromatic carbocycles. The molecule has 0 aliphatic carbocycles. The van der Waals surface area contributed by atoms with Gasteiger partial charge in [0.25, 0.3) is 5.91 Å². The van der Waals surface area contributed by atoms with Crippen LogP contribution in [0.1, 0.15) is 11.3 Å². The van der Waals surface area contributed by atoms with E-state index in [1.807, 2.05) is 19.1 Å². The van der Waals surface area contributed by atoms with Crippen LogP contribution in [0.15, 0.2) is 58.0 Å². The number of carbonyl (C=O) groups excluding carboxylic acids is 1. The zero-order chi connectivity index (χ0) is 21.7. The van der Waals surface area contributed by atoms with E-state index >= 15 is 0 Å². The molecule has 0 unspecified atom stereocenters. The largest absolute Gasteiger partial charge is 0.477 e. The second-order valence-corrected chi connectivity index (χ2v) is 6.96. The van der Waals surface area contributed by atoms with Gasteiger partial charge in [-0.1, -0.05) is 35.3 Å². The highest BCUT2D eigenvalue weighted by Gasteiger charge is 2.16. The molecule has 10 heteroatoms. The summed E-state index contributed by atoms with van der Waals surface area (Å²) in [7, 11) is 0. The second-order valence-electron chi connectivity index (χ2n) is 6.12. The molecule has 1 N–H and O–H groups in total. The van der Waals surface area contributed by atoms with E-state index in [1.165, 1.54) is 18.3 Å². The summed E-state index contributed by atoms with van der Waals surface area (Å²) in [5, 5.41) is 15.6. The smallest absolute Gasteiger partial charge is 0.312 e. The van der Waals surface area contributed by atoms with Gasteiger partial charge in [-0.3, -0.25) is 14.9 Å². The van der Waals surface area contributed by atoms with Crippen LogP contribution in [0.25, 0.3) is 11.3 Å². The van der Waals surface area contributed by atoms with Gasteiger partial charge in [-0.2, -0.15) is 5.10 Å². The molecule has 0 atom stereocenters. The molecular formula is C20H15Cl2N3O5. The summed E-state index contributed by atoms with van der Waals surface area (Å²) in [4.78, 5) is 22.2. The van der Waals surface area contributed by atoms with Crippen molar-refractivity contribution in [3.05, 3.63) is 80.0 Å². The third-order valence-electron chi connectivity index (χ3n) is 3.94. The molecule has 0 saturated heterocycles. The number of ether oxygens (including phenoxy) is 1. The van der Waals surface area contributed by atoms with Crippen LogP contribution in [0.2, 0.25) is 10.0 Å². The SMILES string of the molecule is Cc1ccc(-c2ccc(C=NNC(=O)COc3ccc(Cl)cc3[N+](=O)[O-])o2)cc1Cl. The lowest BCUT2D eigenvalue weighted by Crippen LogP contribution is -2.24. The van der Waals surface area contributed by atoms with Gasteiger partial charge in [-0.05, 0) is 42.8 Å². The van der Waals surface area contributed by atoms with Crippen molar-refractivity contribution in [1.29, 1.82) is 0 Å². The highest BCUT2D eigenvalue weighted by Crippen LogP contribution is 2.30. The van der Waals surface area contributed by atoms with Crippen molar-refractivity contribution < 1.29 is 18.9 Å². The minimum Gasteiger partial charge on any atom is -0.477 e. The van der Waals surface area contributed by atoms with Gasteiger partial charge in [0.15, 0.2) is 12.4 Å². The fraction of sp³-hybridized carbons (Fsp3) is 0.100. The van der Waals surface area contributed by atoms with Gasteiger partial charge >= 0.3 is 5.69 Å². The van der Waals surface area contributed by atoms with Crippen LogP contribution in [0.5, 0.6) is 5.75 Å². The predicted molar refractivity (Wildman–Crippen MR) is 113 cm³/mol. The van der Waals surface area contributed by atoms with Crippen molar-refractivity contribution in [2.75, 3.05) is 6.61 Å². The second kappa shape index (κ2) is 9.43. The number of nitro benzene ring substituents is 1. The third-order valence-corrected chi connectivity index (χ3v) is 4.58. The summed E-state index contributed by atoms with van der Waals surface area (Å²) in [5.41, 5.74) is 3.69. The van der Waals surface area contributed by atoms with Crippen molar-refractivity contribution in [2.45, 2.75) is 6.92 Å². The Bertz CT molecular complexity index is 1130. The number of halogens is 2. The van der Waals surface area contributed by atoms with Gasteiger partial charge < -0.3 is 9.15 Å². The van der Waals surface area contributed by atoms with Crippen LogP contribution in [0.3, 0.4) is 0 Å². The number of amides is 1. The van der Waals surface area contributed by atoms with Crippen LogP contribution >= 0.6 is 23.2 Å². The molecule has 1 heterocycles. The minimum absolute atomic E-state index is 0.0732. The first-order valence-corrected chi connectivity index (χ1v) is 9.34. The summed E-state index contributed by atoms with van der Waals surface area (Å²) >= 11 is 11.9. The first-order valence-electron chi connectivity index (χ1n) is 8.58. The molecule has 8 nitrogen and oxygen atoms in total. The fourth-order valence-corrected chi connectivity index (χ4v) is 2.77. The molecule has 3 rings (SSSR count). The summed E-state index contributed by atoms with van der Waals surface area (Å²) in [5.74, 6) is 0.336. The van der Waals surface area contributed by atoms with Gasteiger partial charge in [0.1, 0.15) is 11.5 Å². The molecule has 0 spiro atoms. The zero-order valence-corrected chi connectivity index (χ0v) is 17.1. The molecule has 3 aromatic rings. The number of nitrogens with zero attached hydrogens (tertiary/aromatic N) is 2. The highest BCUT2D eigenvalue weighted by molar-refractivity contribution is 6.31. The van der Waals surface area contributed by atoms with Crippen LogP contribution in [0.4, 0.5) is 5.69 Å². The monoisotopic (exact) mass is 447 g/mol. The first-order chi connectivity index (χ1) is 14.3. The van der Waals surface area contributed by atoms with E-state index in [0.29, 0.717) is 16.5 Å². The lowest BCUT2D eigenvalue weighted by Gasteiger charge is -2.05. The van der Waals surface area contributed by atoms with Gasteiger partial charge in [0.05, 0.1) is 11.1 Å². The molecule has 154 valence electrons. The Labute approximate surface area is 181 Å². The Morgan fingerprint density at radius 1 is 1.23 bits per heavy atom. The van der Waals surface area contributed by atoms with Crippen molar-refractivity contribution in [2.24, 2.45) is 5.10 Å². The van der Waals surface area contributed by atoms with Crippen LogP contribution in [0, 0.1) is 17.0 Å². The topological polar surface area (TPSA) is 107 Å². The number of hydrazone groups is 1. The standard InChI is InChI=1S/C20H15Cl2N3O5/c1-12-2-3-13(8-16(12)22)18-7-5-15(30-18)10-23-24-20(26)11-29-19-6-4-14(21)9-17(19)25(27)28/h2-10H,11H2,1H3,(H,24,26). The molecule has 0 saturated carbocycles. The molecule has 1 aromatic heterocycles. The van der Waals surface area contributed by atoms with E-state index in [1.54, 1.807) is 18.2 Å². The summed E-state index contributed by atoms with van der Waals surface area (Å²) in [6.07, 6.45) is 1.32. The number of aryl methyl sites for hydroxylation is 1. The average Bonchev–Trinajstić information content (AvgIpc) is 3.18. The van der Waals surface area contributed by atoms with Crippen molar-refractivity contribution in [3.8, 4) is 17.1 Å². The van der Waals surface area contributed by atoms with E-state index in [4.69, 9.17) is 32.4 Å². The molecule has 0 bridgehead atoms. The summed E-state index contributed by atoms with van der Waals surface area (Å²) < 4.78 is 10.8. The van der Waals surface area contributed by atoms with Crippen LogP contribution < -0.4 is 10.2 Å². The molecule has 0 aliphatic rings. The number of rotatable bonds is 7. The molecule has 0 fully saturated rings. The van der Waals surface area contributed by atoms with E-state index < -0.39 is 17.4 Å². The molecule has 30 heavy (non-hydrogen) atoms. The quantitative estimate of drug-likeness (QED) is 0.311. The lowest BCUT2D eigenvalue weighted by atomic mass is 10.1. The Balaban J connectivity index is 1.56. The number of hydrogen-bond donors (Lipinski definition) is 1. The maximum Gasteiger partial charge on any atom is 0.312 e. The van der Waals surface area contributed by atoms with Gasteiger partial charge in [0, 0.05) is 21.7 Å². The number of furan rings is 1. The maximum atomic E-state index is 11.9. The number of hydrogen-bond acceptors (Lipinski definition) is 6. The van der Waals surface area contributed by atoms with Crippen molar-refractivity contribution in [1.82, 2.24) is 5.43 Å². The number of carbonyl (C=O) groups is 1. The van der Waals surface area contributed by atoms with Gasteiger partial charge in [-0.25, -0.2) is 5.43 Å². The third kappa shape index (κ3) is 5.37. The Kier molecular flexibility index (Phi) is 6.71. The average molecular weight is 448 g/mol. The van der Waals surface area contributed by atoms with Crippen LogP contribution in [-0.4, -0.2) is 23.7 Å². The van der Waals surface area contributed by atoms with Gasteiger partial charge in [-0.15, -0.1) is 0 Å². The maximum absolute atomic E-state index is 11.9. The fourth-order valence-electron chi connectivity index (χ4n) is 2.42. The summed E-state index contributed by atoms with van der Waals surface area (Å²) in [6.45, 7) is 1.44. The van der Waals surface area contributed by atoms with E-state index in [2.05, 4.69) is 10.5 Å². The zero-order valence-electron chi connectivity index (χ0n) is 15.6. The normalized spacial score (nSPS) is 10.9. The minimum atomic E-state index is -0.646. The summed E-state index contributed by atoms with van der Waals surface area (Å²) in [6, 6.07) is 12.9. The molecule has 0 radical (unpaired) electrons. The van der Waals surface area contributed by atoms with Crippen molar-refractivity contribution >= 4 is 41.0 Å². The van der Waals surface area contributed by atoms with Crippen LogP contribution in [-0.2, 0) is 4.79 Å². The lowest BCUT2D eigenvalue weighted by molar-refractivity contribution is -0.385. The number of benzene rings is 2. The number of nitrogens with one attached hydrogen (secondary N) is 1. The Morgan fingerprint density at radius 3 is 2.77 bits per heavy atom. The predicted octanol–water partition coefficient (Wildman–Crippen LogP) is 5.00. The van der Waals surface area contributed by atoms with E-state index in [-0.39, 0.29) is 16.5 Å². The highest BCUT2D eigenvalue weighted by atomic mass is 35.5. The Hall–Kier alpha value is -3.36. The molecular weight excluding hydrogens is 433 g/mol.